The van der Waals surface area contributed by atoms with Gasteiger partial charge in [-0.15, -0.1) is 0 Å². The molecule has 2 unspecified atom stereocenters. The topological polar surface area (TPSA) is 95.9 Å². The Morgan fingerprint density at radius 1 is 1.42 bits per heavy atom. The van der Waals surface area contributed by atoms with E-state index < -0.39 is 19.0 Å². The summed E-state index contributed by atoms with van der Waals surface area (Å²) >= 11 is 0. The summed E-state index contributed by atoms with van der Waals surface area (Å²) in [5, 5.41) is 22.2. The van der Waals surface area contributed by atoms with E-state index in [1.807, 2.05) is 6.92 Å². The van der Waals surface area contributed by atoms with E-state index in [0.717, 1.165) is 25.7 Å². The number of carboxylic acids is 1. The quantitative estimate of drug-likeness (QED) is 0.664. The third kappa shape index (κ3) is 4.09. The van der Waals surface area contributed by atoms with E-state index in [0.29, 0.717) is 12.0 Å². The molecular weight excluding hydrogens is 309 g/mol. The summed E-state index contributed by atoms with van der Waals surface area (Å²) in [6, 6.07) is 4.82. The average Bonchev–Trinajstić information content (AvgIpc) is 2.55. The van der Waals surface area contributed by atoms with Gasteiger partial charge in [0.1, 0.15) is 5.75 Å². The van der Waals surface area contributed by atoms with Gasteiger partial charge in [0, 0.05) is 5.92 Å². The normalized spacial score (nSPS) is 17.6. The number of rotatable bonds is 7. The van der Waals surface area contributed by atoms with Crippen molar-refractivity contribution in [3.8, 4) is 5.75 Å². The molecule has 0 spiro atoms. The van der Waals surface area contributed by atoms with E-state index >= 15 is 0 Å². The molecule has 0 aliphatic carbocycles. The molecule has 0 saturated carbocycles. The lowest BCUT2D eigenvalue weighted by Gasteiger charge is -2.30. The highest BCUT2D eigenvalue weighted by molar-refractivity contribution is 6.47. The maximum absolute atomic E-state index is 12.4. The Hall–Kier alpha value is -2.02. The van der Waals surface area contributed by atoms with E-state index in [-0.39, 0.29) is 23.1 Å². The molecule has 6 nitrogen and oxygen atoms in total. The summed E-state index contributed by atoms with van der Waals surface area (Å²) in [4.78, 5) is 23.6. The van der Waals surface area contributed by atoms with Crippen molar-refractivity contribution >= 4 is 19.0 Å². The smallest absolute Gasteiger partial charge is 0.534 e. The number of unbranched alkanes of at least 4 members (excludes halogenated alkanes) is 1. The number of hydrogen-bond donors (Lipinski definition) is 3. The van der Waals surface area contributed by atoms with Gasteiger partial charge in [-0.05, 0) is 30.9 Å². The van der Waals surface area contributed by atoms with Crippen LogP contribution in [0, 0.1) is 5.92 Å². The van der Waals surface area contributed by atoms with Crippen molar-refractivity contribution in [2.45, 2.75) is 51.9 Å². The largest absolute Gasteiger partial charge is 0.547 e. The van der Waals surface area contributed by atoms with Crippen LogP contribution >= 0.6 is 0 Å². The summed E-state index contributed by atoms with van der Waals surface area (Å²) in [5.74, 6) is -1.67. The molecule has 2 rings (SSSR count). The first-order valence-electron chi connectivity index (χ1n) is 8.48. The Labute approximate surface area is 142 Å². The SMILES string of the molecule is CCCCC(CC)C(=O)NC1Cc2cccc(C(=O)O)c2OB1O. The molecule has 0 bridgehead atoms. The first-order chi connectivity index (χ1) is 11.5. The molecule has 3 N–H and O–H groups in total. The number of aromatic carboxylic acids is 1. The minimum Gasteiger partial charge on any atom is -0.534 e. The van der Waals surface area contributed by atoms with Gasteiger partial charge in [0.05, 0.1) is 11.5 Å². The molecule has 24 heavy (non-hydrogen) atoms. The van der Waals surface area contributed by atoms with E-state index in [1.54, 1.807) is 12.1 Å². The second kappa shape index (κ2) is 8.19. The monoisotopic (exact) mass is 333 g/mol. The summed E-state index contributed by atoms with van der Waals surface area (Å²) in [6.07, 6.45) is 3.93. The number of carbonyl (C=O) groups excluding carboxylic acids is 1. The molecule has 1 aromatic rings. The highest BCUT2D eigenvalue weighted by atomic mass is 16.5. The molecule has 1 heterocycles. The Kier molecular flexibility index (Phi) is 6.26. The molecule has 0 fully saturated rings. The molecule has 1 aliphatic heterocycles. The van der Waals surface area contributed by atoms with Gasteiger partial charge in [0.2, 0.25) is 5.91 Å². The van der Waals surface area contributed by atoms with Crippen molar-refractivity contribution in [1.29, 1.82) is 0 Å². The molecule has 1 aliphatic rings. The van der Waals surface area contributed by atoms with Crippen LogP contribution in [-0.2, 0) is 11.2 Å². The number of carboxylic acid groups (broad SMARTS) is 1. The molecule has 2 atom stereocenters. The molecule has 0 radical (unpaired) electrons. The second-order valence-electron chi connectivity index (χ2n) is 6.17. The molecule has 7 heteroatoms. The van der Waals surface area contributed by atoms with Crippen LogP contribution in [0.2, 0.25) is 0 Å². The predicted molar refractivity (Wildman–Crippen MR) is 90.9 cm³/mol. The third-order valence-corrected chi connectivity index (χ3v) is 4.45. The fraction of sp³-hybridized carbons (Fsp3) is 0.529. The zero-order valence-corrected chi connectivity index (χ0v) is 14.1. The Morgan fingerprint density at radius 3 is 2.79 bits per heavy atom. The van der Waals surface area contributed by atoms with Crippen molar-refractivity contribution in [3.63, 3.8) is 0 Å². The Morgan fingerprint density at radius 2 is 2.17 bits per heavy atom. The number of carbonyl (C=O) groups is 2. The lowest BCUT2D eigenvalue weighted by molar-refractivity contribution is -0.125. The van der Waals surface area contributed by atoms with Crippen LogP contribution in [0.25, 0.3) is 0 Å². The maximum atomic E-state index is 12.4. The Bertz CT molecular complexity index is 607. The van der Waals surface area contributed by atoms with Crippen LogP contribution in [-0.4, -0.2) is 35.1 Å². The van der Waals surface area contributed by atoms with Crippen LogP contribution in [0.1, 0.15) is 55.5 Å². The summed E-state index contributed by atoms with van der Waals surface area (Å²) in [6.45, 7) is 4.06. The van der Waals surface area contributed by atoms with Crippen molar-refractivity contribution in [2.75, 3.05) is 0 Å². The van der Waals surface area contributed by atoms with Crippen LogP contribution in [0.4, 0.5) is 0 Å². The number of para-hydroxylation sites is 1. The number of fused-ring (bicyclic) bond motifs is 1. The van der Waals surface area contributed by atoms with Gasteiger partial charge >= 0.3 is 13.1 Å². The van der Waals surface area contributed by atoms with Gasteiger partial charge in [-0.3, -0.25) is 4.79 Å². The van der Waals surface area contributed by atoms with E-state index in [4.69, 9.17) is 4.65 Å². The van der Waals surface area contributed by atoms with Gasteiger partial charge in [-0.1, -0.05) is 38.8 Å². The zero-order chi connectivity index (χ0) is 17.7. The minimum atomic E-state index is -1.26. The first kappa shape index (κ1) is 18.3. The predicted octanol–water partition coefficient (Wildman–Crippen LogP) is 2.04. The van der Waals surface area contributed by atoms with E-state index in [1.165, 1.54) is 6.07 Å². The first-order valence-corrected chi connectivity index (χ1v) is 8.48. The lowest BCUT2D eigenvalue weighted by atomic mass is 9.72. The van der Waals surface area contributed by atoms with Crippen LogP contribution < -0.4 is 9.97 Å². The molecule has 130 valence electrons. The molecule has 0 aromatic heterocycles. The minimum absolute atomic E-state index is 0.0192. The van der Waals surface area contributed by atoms with Crippen molar-refractivity contribution < 1.29 is 24.4 Å². The zero-order valence-electron chi connectivity index (χ0n) is 14.1. The van der Waals surface area contributed by atoms with Crippen molar-refractivity contribution in [3.05, 3.63) is 29.3 Å². The molecular formula is C17H24BNO5. The van der Waals surface area contributed by atoms with Crippen LogP contribution in [0.5, 0.6) is 5.75 Å². The van der Waals surface area contributed by atoms with Gasteiger partial charge < -0.3 is 20.1 Å². The molecule has 0 saturated heterocycles. The summed E-state index contributed by atoms with van der Waals surface area (Å²) in [5.41, 5.74) is 0.692. The highest BCUT2D eigenvalue weighted by Crippen LogP contribution is 2.30. The fourth-order valence-corrected chi connectivity index (χ4v) is 2.99. The highest BCUT2D eigenvalue weighted by Gasteiger charge is 2.38. The van der Waals surface area contributed by atoms with Crippen LogP contribution in [0.3, 0.4) is 0 Å². The lowest BCUT2D eigenvalue weighted by Crippen LogP contribution is -2.54. The number of hydrogen-bond acceptors (Lipinski definition) is 4. The van der Waals surface area contributed by atoms with E-state index in [2.05, 4.69) is 12.2 Å². The van der Waals surface area contributed by atoms with Crippen LogP contribution in [0.15, 0.2) is 18.2 Å². The number of amides is 1. The second-order valence-corrected chi connectivity index (χ2v) is 6.17. The fourth-order valence-electron chi connectivity index (χ4n) is 2.99. The van der Waals surface area contributed by atoms with Gasteiger partial charge in [-0.25, -0.2) is 4.79 Å². The van der Waals surface area contributed by atoms with Crippen molar-refractivity contribution in [2.24, 2.45) is 5.92 Å². The van der Waals surface area contributed by atoms with Gasteiger partial charge in [-0.2, -0.15) is 0 Å². The van der Waals surface area contributed by atoms with Crippen molar-refractivity contribution in [1.82, 2.24) is 5.32 Å². The Balaban J connectivity index is 2.10. The number of nitrogens with one attached hydrogen (secondary N) is 1. The standard InChI is InChI=1S/C17H24BNO5/c1-3-5-7-11(4-2)16(20)19-14-10-12-8-6-9-13(17(21)22)15(12)24-18(14)23/h6,8-9,11,14,23H,3-5,7,10H2,1-2H3,(H,19,20)(H,21,22). The third-order valence-electron chi connectivity index (χ3n) is 4.45. The van der Waals surface area contributed by atoms with Gasteiger partial charge in [0.15, 0.2) is 0 Å². The molecule has 1 amide bonds. The summed E-state index contributed by atoms with van der Waals surface area (Å²) < 4.78 is 5.39. The molecule has 1 aromatic carbocycles. The summed E-state index contributed by atoms with van der Waals surface area (Å²) in [7, 11) is -1.26. The maximum Gasteiger partial charge on any atom is 0.547 e. The van der Waals surface area contributed by atoms with E-state index in [9.17, 15) is 19.7 Å². The number of benzene rings is 1. The van der Waals surface area contributed by atoms with Gasteiger partial charge in [0.25, 0.3) is 0 Å². The average molecular weight is 333 g/mol.